The van der Waals surface area contributed by atoms with Crippen LogP contribution in [-0.2, 0) is 33.7 Å². The molecule has 36 heavy (non-hydrogen) atoms. The highest BCUT2D eigenvalue weighted by Crippen LogP contribution is 2.69. The van der Waals surface area contributed by atoms with Crippen molar-refractivity contribution in [2.24, 2.45) is 0 Å². The van der Waals surface area contributed by atoms with Gasteiger partial charge in [0.2, 0.25) is 6.79 Å². The van der Waals surface area contributed by atoms with Gasteiger partial charge in [0, 0.05) is 33.5 Å². The molecule has 2 bridgehead atoms. The third-order valence-corrected chi connectivity index (χ3v) is 9.27. The van der Waals surface area contributed by atoms with Crippen LogP contribution in [0.5, 0.6) is 11.5 Å². The van der Waals surface area contributed by atoms with Crippen molar-refractivity contribution in [3.63, 3.8) is 0 Å². The Balaban J connectivity index is 1.41. The van der Waals surface area contributed by atoms with Crippen LogP contribution in [0.15, 0.2) is 23.0 Å². The zero-order valence-electron chi connectivity index (χ0n) is 20.1. The lowest BCUT2D eigenvalue weighted by Crippen LogP contribution is -2.75. The average Bonchev–Trinajstić information content (AvgIpc) is 3.43. The van der Waals surface area contributed by atoms with Crippen molar-refractivity contribution in [3.05, 3.63) is 50.8 Å². The zero-order chi connectivity index (χ0) is 24.6. The van der Waals surface area contributed by atoms with Crippen LogP contribution < -0.4 is 20.3 Å². The number of ether oxygens (including phenoxy) is 3. The van der Waals surface area contributed by atoms with E-state index in [9.17, 15) is 14.7 Å². The molecule has 3 fully saturated rings. The summed E-state index contributed by atoms with van der Waals surface area (Å²) in [7, 11) is 2.02. The molecule has 1 aromatic carbocycles. The van der Waals surface area contributed by atoms with Gasteiger partial charge in [-0.2, -0.15) is 0 Å². The molecule has 184 valence electrons. The number of carbonyl (C=O) groups is 1. The SMILES string of the molecule is CC[C@@]1(O)C(=O)OCc2c1cc1n(c2=O)Cc2c-1nc1cc3c(cc1c2C12CC(NC)(C1)C2)OCO3. The second-order valence-electron chi connectivity index (χ2n) is 11.0. The van der Waals surface area contributed by atoms with Gasteiger partial charge in [0.05, 0.1) is 29.0 Å². The van der Waals surface area contributed by atoms with E-state index in [2.05, 4.69) is 5.32 Å². The minimum absolute atomic E-state index is 0.0243. The van der Waals surface area contributed by atoms with Crippen LogP contribution in [0.3, 0.4) is 0 Å². The lowest BCUT2D eigenvalue weighted by molar-refractivity contribution is -0.172. The molecule has 6 aliphatic rings. The van der Waals surface area contributed by atoms with Crippen molar-refractivity contribution in [1.29, 1.82) is 0 Å². The summed E-state index contributed by atoms with van der Waals surface area (Å²) in [5, 5.41) is 15.7. The van der Waals surface area contributed by atoms with E-state index in [1.54, 1.807) is 17.6 Å². The summed E-state index contributed by atoms with van der Waals surface area (Å²) in [6.45, 7) is 2.16. The maximum Gasteiger partial charge on any atom is 0.343 e. The quantitative estimate of drug-likeness (QED) is 0.423. The number of hydrogen-bond acceptors (Lipinski definition) is 8. The van der Waals surface area contributed by atoms with Crippen LogP contribution in [-0.4, -0.2) is 40.0 Å². The normalized spacial score (nSPS) is 30.2. The lowest BCUT2D eigenvalue weighted by Gasteiger charge is -2.71. The molecule has 0 radical (unpaired) electrons. The van der Waals surface area contributed by atoms with E-state index >= 15 is 0 Å². The summed E-state index contributed by atoms with van der Waals surface area (Å²) in [4.78, 5) is 31.2. The molecule has 0 spiro atoms. The molecule has 9 rings (SSSR count). The van der Waals surface area contributed by atoms with Crippen molar-refractivity contribution in [3.8, 4) is 22.9 Å². The van der Waals surface area contributed by atoms with Gasteiger partial charge in [-0.1, -0.05) is 6.92 Å². The number of esters is 1. The number of nitrogens with zero attached hydrogens (tertiary/aromatic N) is 2. The van der Waals surface area contributed by atoms with Gasteiger partial charge < -0.3 is 29.2 Å². The molecular formula is C27H25N3O6. The van der Waals surface area contributed by atoms with Crippen molar-refractivity contribution >= 4 is 16.9 Å². The first-order valence-corrected chi connectivity index (χ1v) is 12.4. The largest absolute Gasteiger partial charge is 0.458 e. The highest BCUT2D eigenvalue weighted by molar-refractivity contribution is 5.93. The lowest BCUT2D eigenvalue weighted by atomic mass is 9.37. The van der Waals surface area contributed by atoms with E-state index in [4.69, 9.17) is 19.2 Å². The first-order chi connectivity index (χ1) is 17.3. The molecule has 0 saturated heterocycles. The fourth-order valence-electron chi connectivity index (χ4n) is 7.39. The molecule has 0 unspecified atom stereocenters. The Morgan fingerprint density at radius 2 is 1.83 bits per heavy atom. The van der Waals surface area contributed by atoms with Gasteiger partial charge in [-0.15, -0.1) is 0 Å². The first kappa shape index (κ1) is 20.7. The molecule has 9 heteroatoms. The number of carbonyl (C=O) groups excluding carboxylic acids is 1. The van der Waals surface area contributed by atoms with Gasteiger partial charge in [0.25, 0.3) is 5.56 Å². The van der Waals surface area contributed by atoms with E-state index in [1.165, 1.54) is 5.56 Å². The first-order valence-electron chi connectivity index (χ1n) is 12.4. The van der Waals surface area contributed by atoms with Crippen LogP contribution in [0.25, 0.3) is 22.3 Å². The number of pyridine rings is 2. The second-order valence-corrected chi connectivity index (χ2v) is 11.0. The van der Waals surface area contributed by atoms with Gasteiger partial charge in [0.1, 0.15) is 6.61 Å². The van der Waals surface area contributed by atoms with Crippen LogP contribution >= 0.6 is 0 Å². The highest BCUT2D eigenvalue weighted by Gasteiger charge is 2.68. The molecular weight excluding hydrogens is 462 g/mol. The maximum absolute atomic E-state index is 13.7. The summed E-state index contributed by atoms with van der Waals surface area (Å²) in [5.74, 6) is 0.660. The standard InChI is InChI=1S/C27H25N3O6/c1-3-27(33)16-5-18-22-14(7-30(18)23(31)15(16)8-34-24(27)32)21(25-9-26(10-25,11-25)28-2)13-4-19-20(36-12-35-19)6-17(13)29-22/h4-6,28,33H,3,7-12H2,1-2H3/t25?,26?,27-/m0/s1. The number of rotatable bonds is 3. The third-order valence-electron chi connectivity index (χ3n) is 9.27. The summed E-state index contributed by atoms with van der Waals surface area (Å²) >= 11 is 0. The van der Waals surface area contributed by atoms with E-state index in [-0.39, 0.29) is 36.3 Å². The number of aliphatic hydroxyl groups is 1. The Kier molecular flexibility index (Phi) is 3.61. The van der Waals surface area contributed by atoms with E-state index in [0.717, 1.165) is 41.4 Å². The highest BCUT2D eigenvalue weighted by atomic mass is 16.7. The number of hydrogen-bond donors (Lipinski definition) is 2. The monoisotopic (exact) mass is 487 g/mol. The topological polar surface area (TPSA) is 112 Å². The van der Waals surface area contributed by atoms with E-state index < -0.39 is 11.6 Å². The van der Waals surface area contributed by atoms with Gasteiger partial charge >= 0.3 is 5.97 Å². The van der Waals surface area contributed by atoms with Crippen LogP contribution in [0.2, 0.25) is 0 Å². The maximum atomic E-state index is 13.7. The second kappa shape index (κ2) is 6.27. The smallest absolute Gasteiger partial charge is 0.343 e. The molecule has 9 nitrogen and oxygen atoms in total. The molecule has 3 aromatic rings. The van der Waals surface area contributed by atoms with Crippen molar-refractivity contribution < 1.29 is 24.1 Å². The Hall–Kier alpha value is -3.43. The number of nitrogens with one attached hydrogen (secondary N) is 1. The summed E-state index contributed by atoms with van der Waals surface area (Å²) in [6.07, 6.45) is 3.23. The van der Waals surface area contributed by atoms with Crippen LogP contribution in [0.1, 0.15) is 54.9 Å². The fourth-order valence-corrected chi connectivity index (χ4v) is 7.39. The summed E-state index contributed by atoms with van der Waals surface area (Å²) in [6, 6.07) is 5.73. The molecule has 5 heterocycles. The molecule has 3 aliphatic heterocycles. The molecule has 2 N–H and O–H groups in total. The van der Waals surface area contributed by atoms with Gasteiger partial charge in [-0.05, 0) is 50.4 Å². The fraction of sp³-hybridized carbons (Fsp3) is 0.444. The third kappa shape index (κ3) is 2.23. The van der Waals surface area contributed by atoms with E-state index in [0.29, 0.717) is 34.9 Å². The summed E-state index contributed by atoms with van der Waals surface area (Å²) in [5.41, 5.74) is 3.22. The molecule has 3 aliphatic carbocycles. The van der Waals surface area contributed by atoms with E-state index in [1.807, 2.05) is 19.2 Å². The van der Waals surface area contributed by atoms with Crippen LogP contribution in [0, 0.1) is 0 Å². The number of benzene rings is 1. The van der Waals surface area contributed by atoms with Gasteiger partial charge in [-0.25, -0.2) is 9.78 Å². The number of fused-ring (bicyclic) bond motifs is 6. The minimum atomic E-state index is -1.84. The zero-order valence-corrected chi connectivity index (χ0v) is 20.1. The molecule has 1 atom stereocenters. The molecule has 2 aromatic heterocycles. The molecule has 3 saturated carbocycles. The summed E-state index contributed by atoms with van der Waals surface area (Å²) < 4.78 is 18.3. The number of aromatic nitrogens is 2. The number of cyclic esters (lactones) is 1. The Morgan fingerprint density at radius 3 is 2.56 bits per heavy atom. The van der Waals surface area contributed by atoms with Gasteiger partial charge in [0.15, 0.2) is 17.1 Å². The predicted octanol–water partition coefficient (Wildman–Crippen LogP) is 2.20. The van der Waals surface area contributed by atoms with Crippen molar-refractivity contribution in [2.45, 2.75) is 62.3 Å². The Bertz CT molecular complexity index is 1600. The van der Waals surface area contributed by atoms with Crippen LogP contribution in [0.4, 0.5) is 0 Å². The predicted molar refractivity (Wildman–Crippen MR) is 128 cm³/mol. The Labute approximate surface area is 206 Å². The van der Waals surface area contributed by atoms with Gasteiger partial charge in [-0.3, -0.25) is 4.79 Å². The molecule has 0 amide bonds. The minimum Gasteiger partial charge on any atom is -0.458 e. The van der Waals surface area contributed by atoms with Crippen molar-refractivity contribution in [1.82, 2.24) is 14.9 Å². The Morgan fingerprint density at radius 1 is 1.08 bits per heavy atom. The average molecular weight is 488 g/mol. The van der Waals surface area contributed by atoms with Crippen molar-refractivity contribution in [2.75, 3.05) is 13.8 Å².